The number of hydrogen-bond donors (Lipinski definition) is 0. The van der Waals surface area contributed by atoms with Crippen molar-refractivity contribution in [2.24, 2.45) is 0 Å². The van der Waals surface area contributed by atoms with Crippen LogP contribution in [0.2, 0.25) is 0 Å². The van der Waals surface area contributed by atoms with Crippen LogP contribution in [0.15, 0.2) is 35.2 Å². The van der Waals surface area contributed by atoms with Crippen LogP contribution in [0.3, 0.4) is 0 Å². The molecule has 2 saturated heterocycles. The summed E-state index contributed by atoms with van der Waals surface area (Å²) in [5, 5.41) is 0. The summed E-state index contributed by atoms with van der Waals surface area (Å²) in [6.45, 7) is 4.13. The number of rotatable bonds is 6. The lowest BCUT2D eigenvalue weighted by atomic mass is 9.98. The van der Waals surface area contributed by atoms with Crippen molar-refractivity contribution in [3.8, 4) is 0 Å². The molecule has 0 aliphatic carbocycles. The molecule has 4 nitrogen and oxygen atoms in total. The number of ether oxygens (including phenoxy) is 1. The Morgan fingerprint density at radius 3 is 2.40 bits per heavy atom. The van der Waals surface area contributed by atoms with Gasteiger partial charge < -0.3 is 14.5 Å². The van der Waals surface area contributed by atoms with E-state index in [2.05, 4.69) is 21.9 Å². The predicted molar refractivity (Wildman–Crippen MR) is 103 cm³/mol. The third kappa shape index (κ3) is 5.47. The highest BCUT2D eigenvalue weighted by molar-refractivity contribution is 7.99. The molecule has 2 fully saturated rings. The van der Waals surface area contributed by atoms with E-state index in [4.69, 9.17) is 4.74 Å². The first-order valence-corrected chi connectivity index (χ1v) is 10.5. The second-order valence-corrected chi connectivity index (χ2v) is 8.16. The molecule has 0 unspecified atom stereocenters. The summed E-state index contributed by atoms with van der Waals surface area (Å²) in [6, 6.07) is 11.0. The second-order valence-electron chi connectivity index (χ2n) is 6.99. The van der Waals surface area contributed by atoms with Gasteiger partial charge in [-0.15, -0.1) is 11.8 Å². The minimum atomic E-state index is 0.319. The van der Waals surface area contributed by atoms with Gasteiger partial charge in [-0.05, 0) is 37.8 Å². The minimum absolute atomic E-state index is 0.319. The summed E-state index contributed by atoms with van der Waals surface area (Å²) in [7, 11) is 1.82. The Labute approximate surface area is 155 Å². The van der Waals surface area contributed by atoms with E-state index in [9.17, 15) is 4.79 Å². The van der Waals surface area contributed by atoms with Gasteiger partial charge in [0, 0.05) is 56.4 Å². The molecule has 0 aromatic heterocycles. The van der Waals surface area contributed by atoms with Crippen molar-refractivity contribution in [1.82, 2.24) is 9.80 Å². The van der Waals surface area contributed by atoms with Crippen LogP contribution in [0.1, 0.15) is 32.1 Å². The standard InChI is InChI=1S/C20H30N2O2S/c1-24-18-9-14-21(15-10-18)17-7-12-22(13-8-17)20(23)11-16-25-19-5-3-2-4-6-19/h2-6,17-18H,7-16H2,1H3. The van der Waals surface area contributed by atoms with Gasteiger partial charge >= 0.3 is 0 Å². The lowest BCUT2D eigenvalue weighted by molar-refractivity contribution is -0.132. The zero-order chi connectivity index (χ0) is 17.5. The Morgan fingerprint density at radius 1 is 1.08 bits per heavy atom. The largest absolute Gasteiger partial charge is 0.381 e. The van der Waals surface area contributed by atoms with Gasteiger partial charge in [0.2, 0.25) is 5.91 Å². The van der Waals surface area contributed by atoms with E-state index in [-0.39, 0.29) is 0 Å². The first kappa shape index (κ1) is 18.7. The summed E-state index contributed by atoms with van der Waals surface area (Å²) in [4.78, 5) is 18.4. The van der Waals surface area contributed by atoms with Gasteiger partial charge in [-0.3, -0.25) is 4.79 Å². The minimum Gasteiger partial charge on any atom is -0.381 e. The van der Waals surface area contributed by atoms with Crippen LogP contribution in [0.25, 0.3) is 0 Å². The summed E-state index contributed by atoms with van der Waals surface area (Å²) in [5.74, 6) is 1.19. The number of carbonyl (C=O) groups excluding carboxylic acids is 1. The molecule has 0 bridgehead atoms. The number of amides is 1. The number of nitrogens with zero attached hydrogens (tertiary/aromatic N) is 2. The van der Waals surface area contributed by atoms with Gasteiger partial charge in [-0.25, -0.2) is 0 Å². The van der Waals surface area contributed by atoms with Gasteiger partial charge in [0.25, 0.3) is 0 Å². The highest BCUT2D eigenvalue weighted by Crippen LogP contribution is 2.23. The Bertz CT molecular complexity index is 524. The van der Waals surface area contributed by atoms with Crippen LogP contribution >= 0.6 is 11.8 Å². The molecule has 2 aliphatic heterocycles. The van der Waals surface area contributed by atoms with E-state index in [1.165, 1.54) is 4.90 Å². The molecule has 1 aromatic rings. The van der Waals surface area contributed by atoms with Gasteiger partial charge in [-0.1, -0.05) is 18.2 Å². The lowest BCUT2D eigenvalue weighted by Gasteiger charge is -2.41. The van der Waals surface area contributed by atoms with Gasteiger partial charge in [0.1, 0.15) is 0 Å². The maximum Gasteiger partial charge on any atom is 0.223 e. The third-order valence-electron chi connectivity index (χ3n) is 5.47. The molecule has 5 heteroatoms. The number of piperidine rings is 2. The Hall–Kier alpha value is -1.04. The molecule has 25 heavy (non-hydrogen) atoms. The molecule has 0 radical (unpaired) electrons. The van der Waals surface area contributed by atoms with Crippen molar-refractivity contribution in [1.29, 1.82) is 0 Å². The fourth-order valence-electron chi connectivity index (χ4n) is 3.89. The quantitative estimate of drug-likeness (QED) is 0.727. The highest BCUT2D eigenvalue weighted by Gasteiger charge is 2.29. The Balaban J connectivity index is 1.35. The van der Waals surface area contributed by atoms with Crippen molar-refractivity contribution in [2.75, 3.05) is 39.0 Å². The first-order valence-electron chi connectivity index (χ1n) is 9.48. The number of methoxy groups -OCH3 is 1. The van der Waals surface area contributed by atoms with Crippen LogP contribution in [0.4, 0.5) is 0 Å². The number of carbonyl (C=O) groups is 1. The monoisotopic (exact) mass is 362 g/mol. The van der Waals surface area contributed by atoms with Crippen LogP contribution in [-0.4, -0.2) is 66.9 Å². The molecule has 0 saturated carbocycles. The second kappa shape index (κ2) is 9.60. The smallest absolute Gasteiger partial charge is 0.223 e. The average molecular weight is 363 g/mol. The summed E-state index contributed by atoms with van der Waals surface area (Å²) < 4.78 is 5.46. The van der Waals surface area contributed by atoms with Gasteiger partial charge in [-0.2, -0.15) is 0 Å². The van der Waals surface area contributed by atoms with E-state index in [1.807, 2.05) is 25.3 Å². The molecular weight excluding hydrogens is 332 g/mol. The van der Waals surface area contributed by atoms with E-state index in [0.29, 0.717) is 24.5 Å². The Kier molecular flexibility index (Phi) is 7.20. The molecule has 2 heterocycles. The zero-order valence-corrected chi connectivity index (χ0v) is 16.0. The maximum absolute atomic E-state index is 12.4. The summed E-state index contributed by atoms with van der Waals surface area (Å²) in [5.41, 5.74) is 0. The maximum atomic E-state index is 12.4. The third-order valence-corrected chi connectivity index (χ3v) is 6.49. The van der Waals surface area contributed by atoms with Gasteiger partial charge in [0.05, 0.1) is 6.10 Å². The Morgan fingerprint density at radius 2 is 1.76 bits per heavy atom. The lowest BCUT2D eigenvalue weighted by Crippen LogP contribution is -2.49. The molecule has 0 atom stereocenters. The van der Waals surface area contributed by atoms with Crippen LogP contribution in [0, 0.1) is 0 Å². The molecule has 1 amide bonds. The molecule has 0 N–H and O–H groups in total. The molecule has 2 aliphatic rings. The van der Waals surface area contributed by atoms with Gasteiger partial charge in [0.15, 0.2) is 0 Å². The van der Waals surface area contributed by atoms with E-state index < -0.39 is 0 Å². The number of benzene rings is 1. The first-order chi connectivity index (χ1) is 12.3. The molecule has 3 rings (SSSR count). The average Bonchev–Trinajstić information content (AvgIpc) is 2.69. The SMILES string of the molecule is COC1CCN(C2CCN(C(=O)CCSc3ccccc3)CC2)CC1. The van der Waals surface area contributed by atoms with E-state index >= 15 is 0 Å². The topological polar surface area (TPSA) is 32.8 Å². The molecule has 0 spiro atoms. The molecule has 138 valence electrons. The number of hydrogen-bond acceptors (Lipinski definition) is 4. The molecule has 1 aromatic carbocycles. The van der Waals surface area contributed by atoms with Crippen molar-refractivity contribution < 1.29 is 9.53 Å². The number of thioether (sulfide) groups is 1. The van der Waals surface area contributed by atoms with Crippen LogP contribution in [-0.2, 0) is 9.53 Å². The summed E-state index contributed by atoms with van der Waals surface area (Å²) in [6.07, 6.45) is 5.62. The highest BCUT2D eigenvalue weighted by atomic mass is 32.2. The number of likely N-dealkylation sites (tertiary alicyclic amines) is 2. The van der Waals surface area contributed by atoms with Crippen molar-refractivity contribution in [3.63, 3.8) is 0 Å². The van der Waals surface area contributed by atoms with E-state index in [1.54, 1.807) is 11.8 Å². The summed E-state index contributed by atoms with van der Waals surface area (Å²) >= 11 is 1.77. The van der Waals surface area contributed by atoms with Crippen molar-refractivity contribution in [3.05, 3.63) is 30.3 Å². The zero-order valence-electron chi connectivity index (χ0n) is 15.2. The fraction of sp³-hybridized carbons (Fsp3) is 0.650. The normalized spacial score (nSPS) is 20.8. The van der Waals surface area contributed by atoms with Crippen LogP contribution < -0.4 is 0 Å². The molecular formula is C20H30N2O2S. The van der Waals surface area contributed by atoms with Crippen molar-refractivity contribution >= 4 is 17.7 Å². The predicted octanol–water partition coefficient (Wildman–Crippen LogP) is 3.27. The van der Waals surface area contributed by atoms with Crippen LogP contribution in [0.5, 0.6) is 0 Å². The van der Waals surface area contributed by atoms with Crippen molar-refractivity contribution in [2.45, 2.75) is 49.1 Å². The fourth-order valence-corrected chi connectivity index (χ4v) is 4.75. The van der Waals surface area contributed by atoms with E-state index in [0.717, 1.165) is 57.6 Å².